The standard InChI is InChI=1S/C12H25NO/c1-10(2)9-14-7-5-12-8-11(3)4-6-13-12/h10-13H,4-9H2,1-3H3. The molecule has 0 spiro atoms. The van der Waals surface area contributed by atoms with E-state index in [1.165, 1.54) is 25.8 Å². The van der Waals surface area contributed by atoms with E-state index < -0.39 is 0 Å². The van der Waals surface area contributed by atoms with E-state index in [0.717, 1.165) is 19.1 Å². The normalized spacial score (nSPS) is 28.3. The molecule has 1 fully saturated rings. The Balaban J connectivity index is 2.00. The van der Waals surface area contributed by atoms with Crippen LogP contribution in [0.5, 0.6) is 0 Å². The monoisotopic (exact) mass is 199 g/mol. The lowest BCUT2D eigenvalue weighted by Gasteiger charge is -2.28. The van der Waals surface area contributed by atoms with Gasteiger partial charge in [0.1, 0.15) is 0 Å². The molecule has 2 heteroatoms. The van der Waals surface area contributed by atoms with Gasteiger partial charge in [0.05, 0.1) is 0 Å². The number of hydrogen-bond donors (Lipinski definition) is 1. The molecule has 0 aromatic heterocycles. The first kappa shape index (κ1) is 12.0. The van der Waals surface area contributed by atoms with E-state index in [2.05, 4.69) is 26.1 Å². The van der Waals surface area contributed by atoms with Crippen molar-refractivity contribution in [3.63, 3.8) is 0 Å². The van der Waals surface area contributed by atoms with Crippen molar-refractivity contribution in [2.45, 2.75) is 46.1 Å². The van der Waals surface area contributed by atoms with Crippen molar-refractivity contribution >= 4 is 0 Å². The fraction of sp³-hybridized carbons (Fsp3) is 1.00. The molecule has 1 aliphatic rings. The highest BCUT2D eigenvalue weighted by Gasteiger charge is 2.17. The van der Waals surface area contributed by atoms with E-state index in [-0.39, 0.29) is 0 Å². The highest BCUT2D eigenvalue weighted by Crippen LogP contribution is 2.16. The summed E-state index contributed by atoms with van der Waals surface area (Å²) in [7, 11) is 0. The summed E-state index contributed by atoms with van der Waals surface area (Å²) in [6.45, 7) is 9.76. The molecule has 1 N–H and O–H groups in total. The zero-order valence-corrected chi connectivity index (χ0v) is 9.88. The maximum atomic E-state index is 5.59. The summed E-state index contributed by atoms with van der Waals surface area (Å²) in [6.07, 6.45) is 3.84. The Morgan fingerprint density at radius 1 is 1.43 bits per heavy atom. The van der Waals surface area contributed by atoms with Crippen molar-refractivity contribution < 1.29 is 4.74 Å². The molecule has 2 nitrogen and oxygen atoms in total. The van der Waals surface area contributed by atoms with E-state index in [9.17, 15) is 0 Å². The summed E-state index contributed by atoms with van der Waals surface area (Å²) in [6, 6.07) is 0.700. The molecule has 2 atom stereocenters. The lowest BCUT2D eigenvalue weighted by molar-refractivity contribution is 0.0967. The fourth-order valence-electron chi connectivity index (χ4n) is 1.99. The second kappa shape index (κ2) is 6.41. The zero-order valence-electron chi connectivity index (χ0n) is 9.88. The summed E-state index contributed by atoms with van der Waals surface area (Å²) < 4.78 is 5.59. The molecular formula is C12H25NO. The van der Waals surface area contributed by atoms with E-state index in [1.54, 1.807) is 0 Å². The first-order valence-corrected chi connectivity index (χ1v) is 5.99. The summed E-state index contributed by atoms with van der Waals surface area (Å²) in [5, 5.41) is 3.56. The van der Waals surface area contributed by atoms with Gasteiger partial charge in [-0.3, -0.25) is 0 Å². The minimum absolute atomic E-state index is 0.660. The highest BCUT2D eigenvalue weighted by molar-refractivity contribution is 4.75. The molecule has 1 saturated heterocycles. The van der Waals surface area contributed by atoms with Gasteiger partial charge in [-0.05, 0) is 37.6 Å². The molecule has 1 rings (SSSR count). The number of hydrogen-bond acceptors (Lipinski definition) is 2. The fourth-order valence-corrected chi connectivity index (χ4v) is 1.99. The maximum absolute atomic E-state index is 5.59. The molecule has 14 heavy (non-hydrogen) atoms. The van der Waals surface area contributed by atoms with Crippen molar-refractivity contribution in [3.8, 4) is 0 Å². The number of rotatable bonds is 5. The van der Waals surface area contributed by atoms with Crippen LogP contribution in [0.4, 0.5) is 0 Å². The Morgan fingerprint density at radius 3 is 2.86 bits per heavy atom. The number of ether oxygens (including phenoxy) is 1. The van der Waals surface area contributed by atoms with E-state index in [0.29, 0.717) is 12.0 Å². The minimum atomic E-state index is 0.660. The van der Waals surface area contributed by atoms with E-state index >= 15 is 0 Å². The third kappa shape index (κ3) is 4.97. The molecule has 0 amide bonds. The first-order valence-electron chi connectivity index (χ1n) is 5.99. The average Bonchev–Trinajstić information content (AvgIpc) is 2.12. The van der Waals surface area contributed by atoms with Crippen LogP contribution in [0, 0.1) is 11.8 Å². The Hall–Kier alpha value is -0.0800. The summed E-state index contributed by atoms with van der Waals surface area (Å²) in [4.78, 5) is 0. The summed E-state index contributed by atoms with van der Waals surface area (Å²) >= 11 is 0. The van der Waals surface area contributed by atoms with Gasteiger partial charge in [0.15, 0.2) is 0 Å². The van der Waals surface area contributed by atoms with Gasteiger partial charge in [-0.15, -0.1) is 0 Å². The summed E-state index contributed by atoms with van der Waals surface area (Å²) in [5.74, 6) is 1.56. The predicted molar refractivity (Wildman–Crippen MR) is 60.5 cm³/mol. The number of nitrogens with one attached hydrogen (secondary N) is 1. The van der Waals surface area contributed by atoms with Crippen molar-refractivity contribution in [1.82, 2.24) is 5.32 Å². The molecule has 0 aliphatic carbocycles. The van der Waals surface area contributed by atoms with Crippen molar-refractivity contribution in [2.75, 3.05) is 19.8 Å². The van der Waals surface area contributed by atoms with Crippen LogP contribution >= 0.6 is 0 Å². The summed E-state index contributed by atoms with van der Waals surface area (Å²) in [5.41, 5.74) is 0. The highest BCUT2D eigenvalue weighted by atomic mass is 16.5. The van der Waals surface area contributed by atoms with E-state index in [4.69, 9.17) is 4.74 Å². The zero-order chi connectivity index (χ0) is 10.4. The largest absolute Gasteiger partial charge is 0.381 e. The maximum Gasteiger partial charge on any atom is 0.0489 e. The van der Waals surface area contributed by atoms with Gasteiger partial charge in [-0.1, -0.05) is 20.8 Å². The molecule has 1 aliphatic heterocycles. The van der Waals surface area contributed by atoms with Crippen LogP contribution in [-0.4, -0.2) is 25.8 Å². The van der Waals surface area contributed by atoms with E-state index in [1.807, 2.05) is 0 Å². The molecule has 0 radical (unpaired) electrons. The second-order valence-electron chi connectivity index (χ2n) is 5.04. The van der Waals surface area contributed by atoms with Gasteiger partial charge in [-0.2, -0.15) is 0 Å². The van der Waals surface area contributed by atoms with Gasteiger partial charge in [0.25, 0.3) is 0 Å². The Labute approximate surface area is 88.4 Å². The number of piperidine rings is 1. The molecule has 0 aromatic rings. The van der Waals surface area contributed by atoms with Crippen LogP contribution in [0.2, 0.25) is 0 Å². The molecule has 84 valence electrons. The SMILES string of the molecule is CC(C)COCCC1CC(C)CCN1. The van der Waals surface area contributed by atoms with Crippen molar-refractivity contribution in [1.29, 1.82) is 0 Å². The van der Waals surface area contributed by atoms with Gasteiger partial charge in [-0.25, -0.2) is 0 Å². The third-order valence-electron chi connectivity index (χ3n) is 2.82. The van der Waals surface area contributed by atoms with Crippen LogP contribution in [0.1, 0.15) is 40.0 Å². The molecular weight excluding hydrogens is 174 g/mol. The molecule has 1 heterocycles. The molecule has 2 unspecified atom stereocenters. The van der Waals surface area contributed by atoms with Crippen LogP contribution in [-0.2, 0) is 4.74 Å². The Kier molecular flexibility index (Phi) is 5.49. The van der Waals surface area contributed by atoms with Gasteiger partial charge >= 0.3 is 0 Å². The average molecular weight is 199 g/mol. The second-order valence-corrected chi connectivity index (χ2v) is 5.04. The predicted octanol–water partition coefficient (Wildman–Crippen LogP) is 2.44. The van der Waals surface area contributed by atoms with Gasteiger partial charge in [0.2, 0.25) is 0 Å². The lowest BCUT2D eigenvalue weighted by Crippen LogP contribution is -2.38. The topological polar surface area (TPSA) is 21.3 Å². The Morgan fingerprint density at radius 2 is 2.21 bits per heavy atom. The van der Waals surface area contributed by atoms with Crippen LogP contribution < -0.4 is 5.32 Å². The van der Waals surface area contributed by atoms with Gasteiger partial charge < -0.3 is 10.1 Å². The van der Waals surface area contributed by atoms with Gasteiger partial charge in [0, 0.05) is 19.3 Å². The van der Waals surface area contributed by atoms with Crippen LogP contribution in [0.3, 0.4) is 0 Å². The first-order chi connectivity index (χ1) is 6.68. The quantitative estimate of drug-likeness (QED) is 0.687. The minimum Gasteiger partial charge on any atom is -0.381 e. The third-order valence-corrected chi connectivity index (χ3v) is 2.82. The van der Waals surface area contributed by atoms with Crippen LogP contribution in [0.15, 0.2) is 0 Å². The molecule has 0 aromatic carbocycles. The van der Waals surface area contributed by atoms with Crippen molar-refractivity contribution in [3.05, 3.63) is 0 Å². The van der Waals surface area contributed by atoms with Crippen LogP contribution in [0.25, 0.3) is 0 Å². The smallest absolute Gasteiger partial charge is 0.0489 e. The van der Waals surface area contributed by atoms with Crippen molar-refractivity contribution in [2.24, 2.45) is 11.8 Å². The molecule has 0 bridgehead atoms. The molecule has 0 saturated carbocycles. The Bertz CT molecular complexity index is 147. The lowest BCUT2D eigenvalue weighted by atomic mass is 9.93.